The van der Waals surface area contributed by atoms with Crippen LogP contribution in [0.5, 0.6) is 0 Å². The molecule has 6 heteroatoms. The van der Waals surface area contributed by atoms with E-state index in [1.165, 1.54) is 12.4 Å². The summed E-state index contributed by atoms with van der Waals surface area (Å²) in [7, 11) is -3.77. The van der Waals surface area contributed by atoms with Gasteiger partial charge >= 0.3 is 5.97 Å². The topological polar surface area (TPSA) is 87.2 Å². The van der Waals surface area contributed by atoms with Crippen LogP contribution in [-0.2, 0) is 14.6 Å². The number of H-pyrrole nitrogens is 1. The van der Waals surface area contributed by atoms with Crippen LogP contribution in [0.25, 0.3) is 6.08 Å². The van der Waals surface area contributed by atoms with Crippen molar-refractivity contribution in [2.45, 2.75) is 4.90 Å². The van der Waals surface area contributed by atoms with Crippen LogP contribution >= 0.6 is 0 Å². The molecule has 0 saturated carbocycles. The second-order valence-corrected chi connectivity index (χ2v) is 4.48. The van der Waals surface area contributed by atoms with E-state index in [2.05, 4.69) is 4.98 Å². The van der Waals surface area contributed by atoms with Crippen LogP contribution in [0.15, 0.2) is 22.2 Å². The van der Waals surface area contributed by atoms with E-state index < -0.39 is 20.7 Å². The molecule has 68 valence electrons. The van der Waals surface area contributed by atoms with E-state index >= 15 is 0 Å². The Balaban J connectivity index is 2.74. The standard InChI is InChI=1S/C7H5NO4S/c9-7(10)5-1-4-2-8-3-6(4)13(5,11)12/h1-3,8H,(H,9,10). The Morgan fingerprint density at radius 1 is 1.38 bits per heavy atom. The Labute approximate surface area is 73.6 Å². The van der Waals surface area contributed by atoms with E-state index in [0.29, 0.717) is 5.56 Å². The van der Waals surface area contributed by atoms with E-state index in [4.69, 9.17) is 5.11 Å². The number of aromatic nitrogens is 1. The minimum atomic E-state index is -3.77. The Bertz CT molecular complexity index is 508. The van der Waals surface area contributed by atoms with Crippen LogP contribution in [0, 0.1) is 0 Å². The van der Waals surface area contributed by atoms with Crippen molar-refractivity contribution in [1.29, 1.82) is 0 Å². The zero-order valence-corrected chi connectivity index (χ0v) is 7.13. The molecule has 0 amide bonds. The molecule has 0 fully saturated rings. The number of carboxylic acid groups (broad SMARTS) is 1. The maximum absolute atomic E-state index is 11.4. The van der Waals surface area contributed by atoms with E-state index in [-0.39, 0.29) is 4.90 Å². The van der Waals surface area contributed by atoms with E-state index in [1.54, 1.807) is 0 Å². The van der Waals surface area contributed by atoms with Crippen molar-refractivity contribution in [3.8, 4) is 0 Å². The molecule has 1 aromatic heterocycles. The fourth-order valence-corrected chi connectivity index (χ4v) is 2.62. The van der Waals surface area contributed by atoms with Crippen molar-refractivity contribution in [2.24, 2.45) is 0 Å². The summed E-state index contributed by atoms with van der Waals surface area (Å²) in [6.45, 7) is 0. The van der Waals surface area contributed by atoms with Crippen LogP contribution < -0.4 is 0 Å². The molecule has 2 rings (SSSR count). The molecule has 1 aliphatic rings. The summed E-state index contributed by atoms with van der Waals surface area (Å²) in [4.78, 5) is 12.6. The lowest BCUT2D eigenvalue weighted by Crippen LogP contribution is -2.08. The van der Waals surface area contributed by atoms with E-state index in [1.807, 2.05) is 0 Å². The highest BCUT2D eigenvalue weighted by molar-refractivity contribution is 7.96. The third-order valence-electron chi connectivity index (χ3n) is 1.81. The van der Waals surface area contributed by atoms with Gasteiger partial charge in [0.25, 0.3) is 0 Å². The Hall–Kier alpha value is -1.56. The summed E-state index contributed by atoms with van der Waals surface area (Å²) in [5.74, 6) is -1.42. The van der Waals surface area contributed by atoms with Crippen LogP contribution in [0.4, 0.5) is 0 Å². The van der Waals surface area contributed by atoms with Gasteiger partial charge in [-0.05, 0) is 6.08 Å². The van der Waals surface area contributed by atoms with Crippen molar-refractivity contribution in [3.63, 3.8) is 0 Å². The van der Waals surface area contributed by atoms with Crippen molar-refractivity contribution in [3.05, 3.63) is 22.9 Å². The highest BCUT2D eigenvalue weighted by Crippen LogP contribution is 2.32. The largest absolute Gasteiger partial charge is 0.477 e. The quantitative estimate of drug-likeness (QED) is 0.677. The maximum Gasteiger partial charge on any atom is 0.347 e. The van der Waals surface area contributed by atoms with Gasteiger partial charge in [0.2, 0.25) is 9.84 Å². The SMILES string of the molecule is O=C(O)C1=Cc2c[nH]cc2S1(=O)=O. The van der Waals surface area contributed by atoms with Crippen molar-refractivity contribution in [2.75, 3.05) is 0 Å². The molecule has 0 aromatic carbocycles. The summed E-state index contributed by atoms with van der Waals surface area (Å²) in [5, 5.41) is 8.58. The highest BCUT2D eigenvalue weighted by Gasteiger charge is 2.34. The molecule has 13 heavy (non-hydrogen) atoms. The van der Waals surface area contributed by atoms with Gasteiger partial charge in [-0.25, -0.2) is 13.2 Å². The molecule has 0 radical (unpaired) electrons. The minimum Gasteiger partial charge on any atom is -0.477 e. The summed E-state index contributed by atoms with van der Waals surface area (Å²) in [6, 6.07) is 0. The van der Waals surface area contributed by atoms with Crippen LogP contribution in [0.3, 0.4) is 0 Å². The van der Waals surface area contributed by atoms with Gasteiger partial charge < -0.3 is 10.1 Å². The average molecular weight is 199 g/mol. The molecule has 0 aliphatic carbocycles. The lowest BCUT2D eigenvalue weighted by Gasteiger charge is -1.94. The number of rotatable bonds is 1. The minimum absolute atomic E-state index is 0.0323. The third-order valence-corrected chi connectivity index (χ3v) is 3.62. The van der Waals surface area contributed by atoms with Crippen molar-refractivity contribution in [1.82, 2.24) is 4.98 Å². The zero-order valence-electron chi connectivity index (χ0n) is 6.31. The number of aromatic amines is 1. The number of hydrogen-bond donors (Lipinski definition) is 2. The van der Waals surface area contributed by atoms with Gasteiger partial charge in [0.05, 0.1) is 4.90 Å². The monoisotopic (exact) mass is 199 g/mol. The van der Waals surface area contributed by atoms with E-state index in [9.17, 15) is 13.2 Å². The zero-order chi connectivity index (χ0) is 9.64. The molecular formula is C7H5NO4S. The van der Waals surface area contributed by atoms with Crippen molar-refractivity contribution >= 4 is 21.9 Å². The summed E-state index contributed by atoms with van der Waals surface area (Å²) < 4.78 is 22.8. The molecule has 0 bridgehead atoms. The first-order valence-electron chi connectivity index (χ1n) is 3.40. The third kappa shape index (κ3) is 0.919. The second-order valence-electron chi connectivity index (χ2n) is 2.59. The van der Waals surface area contributed by atoms with Crippen LogP contribution in [0.1, 0.15) is 5.56 Å². The fraction of sp³-hybridized carbons (Fsp3) is 0. The van der Waals surface area contributed by atoms with Gasteiger partial charge in [-0.3, -0.25) is 0 Å². The number of nitrogens with one attached hydrogen (secondary N) is 1. The molecule has 5 nitrogen and oxygen atoms in total. The number of fused-ring (bicyclic) bond motifs is 1. The number of aliphatic carboxylic acids is 1. The van der Waals surface area contributed by atoms with Gasteiger partial charge in [0.1, 0.15) is 0 Å². The molecule has 1 aromatic rings. The number of carbonyl (C=O) groups is 1. The highest BCUT2D eigenvalue weighted by atomic mass is 32.2. The maximum atomic E-state index is 11.4. The molecule has 0 spiro atoms. The summed E-state index contributed by atoms with van der Waals surface area (Å²) >= 11 is 0. The molecule has 2 heterocycles. The first kappa shape index (κ1) is 8.06. The predicted molar refractivity (Wildman–Crippen MR) is 43.6 cm³/mol. The van der Waals surface area contributed by atoms with Gasteiger partial charge in [0.15, 0.2) is 4.91 Å². The Morgan fingerprint density at radius 3 is 2.62 bits per heavy atom. The van der Waals surface area contributed by atoms with Gasteiger partial charge in [0, 0.05) is 18.0 Å². The first-order chi connectivity index (χ1) is 6.03. The first-order valence-corrected chi connectivity index (χ1v) is 4.88. The summed E-state index contributed by atoms with van der Waals surface area (Å²) in [6.07, 6.45) is 3.86. The molecule has 0 saturated heterocycles. The number of sulfone groups is 1. The molecule has 1 aliphatic heterocycles. The van der Waals surface area contributed by atoms with Crippen molar-refractivity contribution < 1.29 is 18.3 Å². The number of hydrogen-bond acceptors (Lipinski definition) is 3. The van der Waals surface area contributed by atoms with Crippen LogP contribution in [-0.4, -0.2) is 24.5 Å². The summed E-state index contributed by atoms with van der Waals surface area (Å²) in [5.41, 5.74) is 0.400. The normalized spacial score (nSPS) is 18.0. The van der Waals surface area contributed by atoms with E-state index in [0.717, 1.165) is 6.08 Å². The molecule has 0 atom stereocenters. The number of carboxylic acids is 1. The second kappa shape index (κ2) is 2.23. The van der Waals surface area contributed by atoms with Gasteiger partial charge in [-0.1, -0.05) is 0 Å². The molecular weight excluding hydrogens is 194 g/mol. The Morgan fingerprint density at radius 2 is 2.08 bits per heavy atom. The average Bonchev–Trinajstić information content (AvgIpc) is 2.52. The lowest BCUT2D eigenvalue weighted by atomic mass is 10.3. The van der Waals surface area contributed by atoms with Gasteiger partial charge in [-0.15, -0.1) is 0 Å². The molecule has 0 unspecified atom stereocenters. The fourth-order valence-electron chi connectivity index (χ4n) is 1.22. The van der Waals surface area contributed by atoms with Gasteiger partial charge in [-0.2, -0.15) is 0 Å². The predicted octanol–water partition coefficient (Wildman–Crippen LogP) is 0.228. The Kier molecular flexibility index (Phi) is 1.38. The molecule has 2 N–H and O–H groups in total. The van der Waals surface area contributed by atoms with Crippen LogP contribution in [0.2, 0.25) is 0 Å². The smallest absolute Gasteiger partial charge is 0.347 e. The lowest BCUT2D eigenvalue weighted by molar-refractivity contribution is -0.131.